The predicted molar refractivity (Wildman–Crippen MR) is 74.1 cm³/mol. The van der Waals surface area contributed by atoms with Gasteiger partial charge in [0.1, 0.15) is 5.75 Å². The fraction of sp³-hybridized carbons (Fsp3) is 0.500. The Kier molecular flexibility index (Phi) is 5.19. The van der Waals surface area contributed by atoms with Gasteiger partial charge in [0.25, 0.3) is 0 Å². The first kappa shape index (κ1) is 14.2. The molecule has 1 rings (SSSR count). The van der Waals surface area contributed by atoms with Gasteiger partial charge in [-0.3, -0.25) is 4.79 Å². The van der Waals surface area contributed by atoms with Crippen LogP contribution >= 0.6 is 15.9 Å². The molecule has 17 heavy (non-hydrogen) atoms. The minimum atomic E-state index is 0.109. The van der Waals surface area contributed by atoms with Crippen LogP contribution in [0.2, 0.25) is 0 Å². The van der Waals surface area contributed by atoms with Crippen molar-refractivity contribution in [2.24, 2.45) is 5.41 Å². The van der Waals surface area contributed by atoms with Crippen molar-refractivity contribution >= 4 is 21.7 Å². The molecule has 0 bridgehead atoms. The summed E-state index contributed by atoms with van der Waals surface area (Å²) >= 11 is 3.46. The van der Waals surface area contributed by atoms with Gasteiger partial charge in [-0.2, -0.15) is 0 Å². The van der Waals surface area contributed by atoms with E-state index in [1.165, 1.54) is 0 Å². The van der Waals surface area contributed by atoms with Crippen LogP contribution in [0.4, 0.5) is 0 Å². The number of ketones is 1. The Bertz CT molecular complexity index is 368. The Morgan fingerprint density at radius 2 is 1.88 bits per heavy atom. The summed E-state index contributed by atoms with van der Waals surface area (Å²) in [6.45, 7) is 6.79. The summed E-state index contributed by atoms with van der Waals surface area (Å²) in [6, 6.07) is 7.35. The van der Waals surface area contributed by atoms with E-state index in [4.69, 9.17) is 4.74 Å². The van der Waals surface area contributed by atoms with Crippen molar-refractivity contribution in [2.45, 2.75) is 27.2 Å². The monoisotopic (exact) mass is 298 g/mol. The quantitative estimate of drug-likeness (QED) is 0.584. The number of carbonyl (C=O) groups excluding carboxylic acids is 1. The zero-order chi connectivity index (χ0) is 12.9. The predicted octanol–water partition coefficient (Wildman–Crippen LogP) is 4.08. The van der Waals surface area contributed by atoms with Gasteiger partial charge in [-0.15, -0.1) is 0 Å². The molecular formula is C14H19BrO2. The minimum Gasteiger partial charge on any atom is -0.493 e. The highest BCUT2D eigenvalue weighted by molar-refractivity contribution is 9.09. The average molecular weight is 299 g/mol. The molecule has 0 aromatic heterocycles. The number of Topliss-reactive ketones (excluding diaryl/α,β-unsaturated/α-hetero) is 1. The van der Waals surface area contributed by atoms with Crippen molar-refractivity contribution in [1.82, 2.24) is 0 Å². The molecular weight excluding hydrogens is 280 g/mol. The molecule has 1 aromatic rings. The van der Waals surface area contributed by atoms with E-state index < -0.39 is 0 Å². The van der Waals surface area contributed by atoms with E-state index in [-0.39, 0.29) is 11.2 Å². The molecule has 0 fully saturated rings. The Morgan fingerprint density at radius 1 is 1.29 bits per heavy atom. The lowest BCUT2D eigenvalue weighted by Crippen LogP contribution is -2.22. The van der Waals surface area contributed by atoms with Crippen LogP contribution in [0.1, 0.15) is 37.6 Å². The molecule has 0 saturated heterocycles. The zero-order valence-electron chi connectivity index (χ0n) is 10.6. The number of carbonyl (C=O) groups is 1. The van der Waals surface area contributed by atoms with Crippen molar-refractivity contribution in [3.05, 3.63) is 29.8 Å². The van der Waals surface area contributed by atoms with Crippen molar-refractivity contribution in [2.75, 3.05) is 11.9 Å². The molecule has 0 radical (unpaired) electrons. The van der Waals surface area contributed by atoms with Gasteiger partial charge in [0.05, 0.1) is 6.61 Å². The van der Waals surface area contributed by atoms with E-state index in [1.54, 1.807) is 0 Å². The average Bonchev–Trinajstić information content (AvgIpc) is 2.36. The van der Waals surface area contributed by atoms with Crippen LogP contribution < -0.4 is 4.74 Å². The van der Waals surface area contributed by atoms with Crippen molar-refractivity contribution in [1.29, 1.82) is 0 Å². The van der Waals surface area contributed by atoms with Crippen molar-refractivity contribution in [3.63, 3.8) is 0 Å². The highest BCUT2D eigenvalue weighted by Gasteiger charge is 2.16. The summed E-state index contributed by atoms with van der Waals surface area (Å²) < 4.78 is 5.69. The normalized spacial score (nSPS) is 11.3. The maximum atomic E-state index is 11.4. The van der Waals surface area contributed by atoms with E-state index in [9.17, 15) is 4.79 Å². The molecule has 0 spiro atoms. The van der Waals surface area contributed by atoms with Gasteiger partial charge >= 0.3 is 0 Å². The highest BCUT2D eigenvalue weighted by atomic mass is 79.9. The molecule has 0 heterocycles. The smallest absolute Gasteiger partial charge is 0.162 e. The van der Waals surface area contributed by atoms with Gasteiger partial charge in [-0.1, -0.05) is 36.7 Å². The lowest BCUT2D eigenvalue weighted by atomic mass is 9.98. The van der Waals surface area contributed by atoms with Crippen LogP contribution in [0, 0.1) is 5.41 Å². The van der Waals surface area contributed by atoms with Crippen LogP contribution in [0.5, 0.6) is 5.75 Å². The van der Waals surface area contributed by atoms with Gasteiger partial charge in [0.15, 0.2) is 5.78 Å². The van der Waals surface area contributed by atoms with Crippen LogP contribution in [0.3, 0.4) is 0 Å². The standard InChI is InChI=1S/C14H19BrO2/c1-4-13(16)11-5-7-12(8-6-11)17-10-14(2,3)9-15/h5-8H,4,9-10H2,1-3H3. The highest BCUT2D eigenvalue weighted by Crippen LogP contribution is 2.21. The summed E-state index contributed by atoms with van der Waals surface area (Å²) in [6.07, 6.45) is 0.539. The number of hydrogen-bond acceptors (Lipinski definition) is 2. The Balaban J connectivity index is 2.60. The summed E-state index contributed by atoms with van der Waals surface area (Å²) in [4.78, 5) is 11.4. The van der Waals surface area contributed by atoms with Crippen LogP contribution in [-0.4, -0.2) is 17.7 Å². The molecule has 0 aliphatic heterocycles. The number of halogens is 1. The molecule has 0 aliphatic rings. The Morgan fingerprint density at radius 3 is 2.35 bits per heavy atom. The molecule has 0 N–H and O–H groups in total. The second-order valence-corrected chi connectivity index (χ2v) is 5.45. The SMILES string of the molecule is CCC(=O)c1ccc(OCC(C)(C)CBr)cc1. The second-order valence-electron chi connectivity index (χ2n) is 4.89. The van der Waals surface area contributed by atoms with Crippen LogP contribution in [-0.2, 0) is 0 Å². The third-order valence-electron chi connectivity index (χ3n) is 2.49. The van der Waals surface area contributed by atoms with Gasteiger partial charge in [0, 0.05) is 22.7 Å². The minimum absolute atomic E-state index is 0.109. The second kappa shape index (κ2) is 6.20. The first-order valence-corrected chi connectivity index (χ1v) is 6.92. The Labute approximate surface area is 111 Å². The zero-order valence-corrected chi connectivity index (χ0v) is 12.2. The Hall–Kier alpha value is -0.830. The topological polar surface area (TPSA) is 26.3 Å². The third kappa shape index (κ3) is 4.50. The number of hydrogen-bond donors (Lipinski definition) is 0. The lowest BCUT2D eigenvalue weighted by Gasteiger charge is -2.21. The molecule has 0 unspecified atom stereocenters. The molecule has 0 saturated carbocycles. The van der Waals surface area contributed by atoms with Crippen molar-refractivity contribution in [3.8, 4) is 5.75 Å². The molecule has 0 atom stereocenters. The maximum absolute atomic E-state index is 11.4. The van der Waals surface area contributed by atoms with E-state index in [0.717, 1.165) is 16.6 Å². The first-order valence-electron chi connectivity index (χ1n) is 5.80. The van der Waals surface area contributed by atoms with Gasteiger partial charge in [-0.05, 0) is 24.3 Å². The van der Waals surface area contributed by atoms with E-state index in [0.29, 0.717) is 13.0 Å². The molecule has 0 aliphatic carbocycles. The maximum Gasteiger partial charge on any atom is 0.162 e. The summed E-state index contributed by atoms with van der Waals surface area (Å²) in [5, 5.41) is 0.895. The molecule has 94 valence electrons. The summed E-state index contributed by atoms with van der Waals surface area (Å²) in [5.41, 5.74) is 0.859. The number of benzene rings is 1. The van der Waals surface area contributed by atoms with Gasteiger partial charge in [-0.25, -0.2) is 0 Å². The molecule has 0 amide bonds. The van der Waals surface area contributed by atoms with E-state index in [1.807, 2.05) is 31.2 Å². The molecule has 1 aromatic carbocycles. The fourth-order valence-electron chi connectivity index (χ4n) is 1.26. The number of ether oxygens (including phenoxy) is 1. The van der Waals surface area contributed by atoms with Crippen LogP contribution in [0.25, 0.3) is 0 Å². The van der Waals surface area contributed by atoms with Gasteiger partial charge in [0.2, 0.25) is 0 Å². The van der Waals surface area contributed by atoms with Crippen molar-refractivity contribution < 1.29 is 9.53 Å². The molecule has 2 nitrogen and oxygen atoms in total. The lowest BCUT2D eigenvalue weighted by molar-refractivity contribution is 0.0988. The number of rotatable bonds is 6. The van der Waals surface area contributed by atoms with Gasteiger partial charge < -0.3 is 4.74 Å². The first-order chi connectivity index (χ1) is 7.98. The third-order valence-corrected chi connectivity index (χ3v) is 4.01. The van der Waals surface area contributed by atoms with E-state index >= 15 is 0 Å². The summed E-state index contributed by atoms with van der Waals surface area (Å²) in [5.74, 6) is 0.976. The van der Waals surface area contributed by atoms with Crippen LogP contribution in [0.15, 0.2) is 24.3 Å². The molecule has 3 heteroatoms. The summed E-state index contributed by atoms with van der Waals surface area (Å²) in [7, 11) is 0. The largest absolute Gasteiger partial charge is 0.493 e. The fourth-order valence-corrected chi connectivity index (χ4v) is 1.42. The number of alkyl halides is 1. The van der Waals surface area contributed by atoms with E-state index in [2.05, 4.69) is 29.8 Å².